The van der Waals surface area contributed by atoms with Gasteiger partial charge in [0, 0.05) is 17.0 Å². The molecule has 3 rings (SSSR count). The average molecular weight is 241 g/mol. The molecule has 0 fully saturated rings. The number of para-hydroxylation sites is 1. The van der Waals surface area contributed by atoms with E-state index >= 15 is 0 Å². The summed E-state index contributed by atoms with van der Waals surface area (Å²) in [5.41, 5.74) is 1.95. The Morgan fingerprint density at radius 1 is 1.17 bits per heavy atom. The van der Waals surface area contributed by atoms with E-state index in [2.05, 4.69) is 5.16 Å². The lowest BCUT2D eigenvalue weighted by molar-refractivity contribution is 0.408. The Balaban J connectivity index is 2.20. The summed E-state index contributed by atoms with van der Waals surface area (Å²) >= 11 is 0. The van der Waals surface area contributed by atoms with E-state index in [0.717, 1.165) is 5.39 Å². The van der Waals surface area contributed by atoms with Crippen molar-refractivity contribution in [2.75, 3.05) is 7.11 Å². The van der Waals surface area contributed by atoms with Gasteiger partial charge in [-0.1, -0.05) is 17.3 Å². The summed E-state index contributed by atoms with van der Waals surface area (Å²) in [6, 6.07) is 12.6. The van der Waals surface area contributed by atoms with Crippen molar-refractivity contribution in [3.8, 4) is 22.8 Å². The number of benzene rings is 2. The van der Waals surface area contributed by atoms with E-state index in [-0.39, 0.29) is 5.75 Å². The number of rotatable bonds is 2. The number of aromatic hydroxyl groups is 1. The van der Waals surface area contributed by atoms with Crippen LogP contribution in [0.3, 0.4) is 0 Å². The molecule has 0 aliphatic heterocycles. The minimum Gasteiger partial charge on any atom is -0.507 e. The molecule has 0 bridgehead atoms. The largest absolute Gasteiger partial charge is 0.507 e. The molecule has 1 heterocycles. The Labute approximate surface area is 103 Å². The molecule has 1 N–H and O–H groups in total. The van der Waals surface area contributed by atoms with Gasteiger partial charge in [-0.2, -0.15) is 0 Å². The van der Waals surface area contributed by atoms with Gasteiger partial charge in [-0.3, -0.25) is 0 Å². The van der Waals surface area contributed by atoms with Crippen molar-refractivity contribution in [2.45, 2.75) is 0 Å². The fourth-order valence-electron chi connectivity index (χ4n) is 1.92. The average Bonchev–Trinajstić information content (AvgIpc) is 2.82. The van der Waals surface area contributed by atoms with Crippen molar-refractivity contribution in [2.24, 2.45) is 0 Å². The van der Waals surface area contributed by atoms with Crippen LogP contribution in [0.1, 0.15) is 0 Å². The second kappa shape index (κ2) is 4.07. The van der Waals surface area contributed by atoms with Gasteiger partial charge in [-0.15, -0.1) is 0 Å². The zero-order chi connectivity index (χ0) is 12.5. The summed E-state index contributed by atoms with van der Waals surface area (Å²) in [4.78, 5) is 0. The number of phenols is 1. The van der Waals surface area contributed by atoms with Gasteiger partial charge in [0.15, 0.2) is 5.58 Å². The summed E-state index contributed by atoms with van der Waals surface area (Å²) < 4.78 is 10.3. The van der Waals surface area contributed by atoms with Gasteiger partial charge >= 0.3 is 0 Å². The van der Waals surface area contributed by atoms with Gasteiger partial charge in [-0.05, 0) is 24.3 Å². The molecule has 18 heavy (non-hydrogen) atoms. The highest BCUT2D eigenvalue weighted by molar-refractivity contribution is 5.93. The van der Waals surface area contributed by atoms with Crippen molar-refractivity contribution < 1.29 is 14.4 Å². The van der Waals surface area contributed by atoms with Crippen molar-refractivity contribution >= 4 is 11.0 Å². The van der Waals surface area contributed by atoms with Crippen molar-refractivity contribution in [1.82, 2.24) is 5.16 Å². The predicted octanol–water partition coefficient (Wildman–Crippen LogP) is 3.21. The Bertz CT molecular complexity index is 703. The number of hydrogen-bond donors (Lipinski definition) is 1. The molecule has 2 aromatic carbocycles. The fraction of sp³-hybridized carbons (Fsp3) is 0.0714. The zero-order valence-corrected chi connectivity index (χ0v) is 9.75. The van der Waals surface area contributed by atoms with Crippen molar-refractivity contribution in [1.29, 1.82) is 0 Å². The lowest BCUT2D eigenvalue weighted by Crippen LogP contribution is -1.84. The van der Waals surface area contributed by atoms with Crippen LogP contribution in [0.4, 0.5) is 0 Å². The first-order chi connectivity index (χ1) is 8.79. The number of methoxy groups -OCH3 is 1. The van der Waals surface area contributed by atoms with Crippen LogP contribution in [0.15, 0.2) is 47.0 Å². The molecule has 0 spiro atoms. The van der Waals surface area contributed by atoms with E-state index in [1.165, 1.54) is 0 Å². The number of nitrogens with zero attached hydrogens (tertiary/aromatic N) is 1. The summed E-state index contributed by atoms with van der Waals surface area (Å²) in [5.74, 6) is 0.720. The van der Waals surface area contributed by atoms with Crippen LogP contribution in [-0.2, 0) is 0 Å². The van der Waals surface area contributed by atoms with E-state index < -0.39 is 0 Å². The van der Waals surface area contributed by atoms with Gasteiger partial charge in [0.2, 0.25) is 0 Å². The van der Waals surface area contributed by atoms with Gasteiger partial charge in [-0.25, -0.2) is 0 Å². The van der Waals surface area contributed by atoms with E-state index in [0.29, 0.717) is 22.6 Å². The lowest BCUT2D eigenvalue weighted by Gasteiger charge is -2.04. The smallest absolute Gasteiger partial charge is 0.167 e. The molecule has 0 saturated carbocycles. The van der Waals surface area contributed by atoms with E-state index in [9.17, 15) is 5.11 Å². The summed E-state index contributed by atoms with van der Waals surface area (Å²) in [7, 11) is 1.56. The lowest BCUT2D eigenvalue weighted by atomic mass is 10.1. The zero-order valence-electron chi connectivity index (χ0n) is 9.75. The standard InChI is InChI=1S/C14H11NO3/c1-17-9-6-7-10(12(16)8-9)14-11-4-2-3-5-13(11)18-15-14/h2-8,16H,1H3. The molecule has 1 aromatic heterocycles. The number of ether oxygens (including phenoxy) is 1. The van der Waals surface area contributed by atoms with Gasteiger partial charge in [0.25, 0.3) is 0 Å². The molecular formula is C14H11NO3. The third-order valence-electron chi connectivity index (χ3n) is 2.84. The third kappa shape index (κ3) is 1.59. The second-order valence-corrected chi connectivity index (χ2v) is 3.91. The van der Waals surface area contributed by atoms with Crippen LogP contribution in [0.5, 0.6) is 11.5 Å². The van der Waals surface area contributed by atoms with Gasteiger partial charge in [0.1, 0.15) is 17.2 Å². The monoisotopic (exact) mass is 241 g/mol. The number of aromatic nitrogens is 1. The molecule has 0 atom stereocenters. The topological polar surface area (TPSA) is 55.5 Å². The van der Waals surface area contributed by atoms with Crippen LogP contribution >= 0.6 is 0 Å². The normalized spacial score (nSPS) is 10.7. The molecule has 0 unspecified atom stereocenters. The van der Waals surface area contributed by atoms with Gasteiger partial charge < -0.3 is 14.4 Å². The van der Waals surface area contributed by atoms with Crippen LogP contribution < -0.4 is 4.74 Å². The van der Waals surface area contributed by atoms with E-state index in [4.69, 9.17) is 9.26 Å². The molecule has 0 amide bonds. The number of hydrogen-bond acceptors (Lipinski definition) is 4. The molecule has 3 aromatic rings. The van der Waals surface area contributed by atoms with Crippen LogP contribution in [0.25, 0.3) is 22.2 Å². The maximum atomic E-state index is 9.99. The number of fused-ring (bicyclic) bond motifs is 1. The molecule has 4 nitrogen and oxygen atoms in total. The maximum Gasteiger partial charge on any atom is 0.167 e. The van der Waals surface area contributed by atoms with Crippen LogP contribution in [-0.4, -0.2) is 17.4 Å². The first kappa shape index (κ1) is 10.7. The summed E-state index contributed by atoms with van der Waals surface area (Å²) in [5, 5.41) is 14.9. The molecular weight excluding hydrogens is 230 g/mol. The third-order valence-corrected chi connectivity index (χ3v) is 2.84. The highest BCUT2D eigenvalue weighted by atomic mass is 16.5. The Kier molecular flexibility index (Phi) is 2.41. The Morgan fingerprint density at radius 3 is 2.78 bits per heavy atom. The predicted molar refractivity (Wildman–Crippen MR) is 67.7 cm³/mol. The van der Waals surface area contributed by atoms with Gasteiger partial charge in [0.05, 0.1) is 7.11 Å². The first-order valence-corrected chi connectivity index (χ1v) is 5.51. The Morgan fingerprint density at radius 2 is 2.00 bits per heavy atom. The molecule has 0 radical (unpaired) electrons. The molecule has 0 aliphatic carbocycles. The highest BCUT2D eigenvalue weighted by Crippen LogP contribution is 2.35. The second-order valence-electron chi connectivity index (χ2n) is 3.91. The highest BCUT2D eigenvalue weighted by Gasteiger charge is 2.13. The molecule has 0 aliphatic rings. The minimum absolute atomic E-state index is 0.119. The summed E-state index contributed by atoms with van der Waals surface area (Å²) in [6.07, 6.45) is 0. The number of phenolic OH excluding ortho intramolecular Hbond substituents is 1. The molecule has 0 saturated heterocycles. The molecule has 4 heteroatoms. The summed E-state index contributed by atoms with van der Waals surface area (Å²) in [6.45, 7) is 0. The van der Waals surface area contributed by atoms with Crippen LogP contribution in [0.2, 0.25) is 0 Å². The Hall–Kier alpha value is -2.49. The minimum atomic E-state index is 0.119. The SMILES string of the molecule is COc1ccc(-c2noc3ccccc23)c(O)c1. The first-order valence-electron chi connectivity index (χ1n) is 5.51. The van der Waals surface area contributed by atoms with E-state index in [1.807, 2.05) is 24.3 Å². The van der Waals surface area contributed by atoms with Crippen molar-refractivity contribution in [3.63, 3.8) is 0 Å². The van der Waals surface area contributed by atoms with Crippen molar-refractivity contribution in [3.05, 3.63) is 42.5 Å². The maximum absolute atomic E-state index is 9.99. The van der Waals surface area contributed by atoms with E-state index in [1.54, 1.807) is 25.3 Å². The fourth-order valence-corrected chi connectivity index (χ4v) is 1.92. The quantitative estimate of drug-likeness (QED) is 0.748. The van der Waals surface area contributed by atoms with Crippen LogP contribution in [0, 0.1) is 0 Å². The molecule has 90 valence electrons.